The Kier molecular flexibility index (Phi) is 4.70. The summed E-state index contributed by atoms with van der Waals surface area (Å²) >= 11 is 11.9. The SMILES string of the molecule is Cc1cc(CCN)ccc1Oc1ccc(Cl)cc1Cl. The van der Waals surface area contributed by atoms with Gasteiger partial charge in [-0.25, -0.2) is 0 Å². The predicted molar refractivity (Wildman–Crippen MR) is 80.5 cm³/mol. The maximum atomic E-state index is 6.09. The number of hydrogen-bond acceptors (Lipinski definition) is 2. The molecule has 0 aromatic heterocycles. The average molecular weight is 296 g/mol. The second-order valence-electron chi connectivity index (χ2n) is 4.32. The van der Waals surface area contributed by atoms with E-state index >= 15 is 0 Å². The number of benzene rings is 2. The van der Waals surface area contributed by atoms with Crippen LogP contribution in [-0.2, 0) is 6.42 Å². The topological polar surface area (TPSA) is 35.2 Å². The first-order valence-corrected chi connectivity index (χ1v) is 6.78. The Labute approximate surface area is 123 Å². The van der Waals surface area contributed by atoms with Crippen molar-refractivity contribution < 1.29 is 4.74 Å². The van der Waals surface area contributed by atoms with Crippen molar-refractivity contribution in [2.45, 2.75) is 13.3 Å². The quantitative estimate of drug-likeness (QED) is 0.895. The Balaban J connectivity index is 2.23. The molecule has 0 saturated heterocycles. The molecule has 19 heavy (non-hydrogen) atoms. The molecule has 0 unspecified atom stereocenters. The van der Waals surface area contributed by atoms with Gasteiger partial charge >= 0.3 is 0 Å². The van der Waals surface area contributed by atoms with Crippen LogP contribution in [0.5, 0.6) is 11.5 Å². The summed E-state index contributed by atoms with van der Waals surface area (Å²) < 4.78 is 5.81. The van der Waals surface area contributed by atoms with Crippen molar-refractivity contribution in [3.63, 3.8) is 0 Å². The van der Waals surface area contributed by atoms with Crippen LogP contribution in [0.25, 0.3) is 0 Å². The number of nitrogens with two attached hydrogens (primary N) is 1. The van der Waals surface area contributed by atoms with Gasteiger partial charge in [0.15, 0.2) is 0 Å². The van der Waals surface area contributed by atoms with Gasteiger partial charge in [-0.3, -0.25) is 0 Å². The third-order valence-corrected chi connectivity index (χ3v) is 3.32. The molecule has 2 N–H and O–H groups in total. The van der Waals surface area contributed by atoms with Crippen molar-refractivity contribution in [2.24, 2.45) is 5.73 Å². The van der Waals surface area contributed by atoms with E-state index in [0.29, 0.717) is 22.3 Å². The lowest BCUT2D eigenvalue weighted by Gasteiger charge is -2.11. The highest BCUT2D eigenvalue weighted by Crippen LogP contribution is 2.33. The minimum absolute atomic E-state index is 0.498. The standard InChI is InChI=1S/C15H15Cl2NO/c1-10-8-11(6-7-18)2-4-14(10)19-15-5-3-12(16)9-13(15)17/h2-5,8-9H,6-7,18H2,1H3. The summed E-state index contributed by atoms with van der Waals surface area (Å²) in [4.78, 5) is 0. The molecule has 0 aliphatic carbocycles. The van der Waals surface area contributed by atoms with Crippen LogP contribution in [-0.4, -0.2) is 6.54 Å². The van der Waals surface area contributed by atoms with Crippen molar-refractivity contribution in [1.29, 1.82) is 0 Å². The number of rotatable bonds is 4. The van der Waals surface area contributed by atoms with Crippen molar-refractivity contribution in [1.82, 2.24) is 0 Å². The van der Waals surface area contributed by atoms with Gasteiger partial charge in [0.05, 0.1) is 5.02 Å². The average Bonchev–Trinajstić information content (AvgIpc) is 2.36. The molecule has 0 amide bonds. The Morgan fingerprint density at radius 2 is 1.79 bits per heavy atom. The fourth-order valence-corrected chi connectivity index (χ4v) is 2.27. The molecule has 0 aliphatic heterocycles. The minimum Gasteiger partial charge on any atom is -0.456 e. The second kappa shape index (κ2) is 6.29. The maximum absolute atomic E-state index is 6.09. The van der Waals surface area contributed by atoms with Gasteiger partial charge in [0, 0.05) is 5.02 Å². The summed E-state index contributed by atoms with van der Waals surface area (Å²) in [7, 11) is 0. The monoisotopic (exact) mass is 295 g/mol. The van der Waals surface area contributed by atoms with E-state index in [1.54, 1.807) is 18.2 Å². The molecule has 2 aromatic rings. The zero-order valence-corrected chi connectivity index (χ0v) is 12.1. The molecule has 0 heterocycles. The van der Waals surface area contributed by atoms with Crippen LogP contribution in [0.1, 0.15) is 11.1 Å². The van der Waals surface area contributed by atoms with E-state index in [1.165, 1.54) is 5.56 Å². The van der Waals surface area contributed by atoms with Crippen molar-refractivity contribution in [2.75, 3.05) is 6.54 Å². The van der Waals surface area contributed by atoms with Crippen LogP contribution >= 0.6 is 23.2 Å². The summed E-state index contributed by atoms with van der Waals surface area (Å²) in [5, 5.41) is 1.09. The highest BCUT2D eigenvalue weighted by atomic mass is 35.5. The zero-order chi connectivity index (χ0) is 13.8. The van der Waals surface area contributed by atoms with Gasteiger partial charge in [-0.15, -0.1) is 0 Å². The summed E-state index contributed by atoms with van der Waals surface area (Å²) in [6.07, 6.45) is 0.864. The van der Waals surface area contributed by atoms with Gasteiger partial charge in [0.25, 0.3) is 0 Å². The van der Waals surface area contributed by atoms with Crippen LogP contribution in [0.3, 0.4) is 0 Å². The molecule has 0 bridgehead atoms. The minimum atomic E-state index is 0.498. The van der Waals surface area contributed by atoms with E-state index < -0.39 is 0 Å². The first kappa shape index (κ1) is 14.2. The lowest BCUT2D eigenvalue weighted by molar-refractivity contribution is 0.479. The molecule has 0 fully saturated rings. The summed E-state index contributed by atoms with van der Waals surface area (Å²) in [5.74, 6) is 1.38. The van der Waals surface area contributed by atoms with Crippen LogP contribution in [0.15, 0.2) is 36.4 Å². The fraction of sp³-hybridized carbons (Fsp3) is 0.200. The largest absolute Gasteiger partial charge is 0.456 e. The van der Waals surface area contributed by atoms with Gasteiger partial charge in [0.2, 0.25) is 0 Å². The van der Waals surface area contributed by atoms with Gasteiger partial charge < -0.3 is 10.5 Å². The molecular weight excluding hydrogens is 281 g/mol. The van der Waals surface area contributed by atoms with Crippen LogP contribution in [0, 0.1) is 6.92 Å². The first-order valence-electron chi connectivity index (χ1n) is 6.02. The van der Waals surface area contributed by atoms with Crippen molar-refractivity contribution in [3.05, 3.63) is 57.6 Å². The zero-order valence-electron chi connectivity index (χ0n) is 10.6. The Morgan fingerprint density at radius 3 is 2.42 bits per heavy atom. The number of hydrogen-bond donors (Lipinski definition) is 1. The summed E-state index contributed by atoms with van der Waals surface area (Å²) in [5.41, 5.74) is 7.80. The van der Waals surface area contributed by atoms with E-state index in [-0.39, 0.29) is 0 Å². The molecule has 2 nitrogen and oxygen atoms in total. The third kappa shape index (κ3) is 3.63. The smallest absolute Gasteiger partial charge is 0.146 e. The third-order valence-electron chi connectivity index (χ3n) is 2.79. The van der Waals surface area contributed by atoms with E-state index in [2.05, 4.69) is 6.07 Å². The maximum Gasteiger partial charge on any atom is 0.146 e. The number of aryl methyl sites for hydroxylation is 1. The number of ether oxygens (including phenoxy) is 1. The van der Waals surface area contributed by atoms with Gasteiger partial charge in [-0.2, -0.15) is 0 Å². The molecule has 0 atom stereocenters. The summed E-state index contributed by atoms with van der Waals surface area (Å²) in [6.45, 7) is 2.64. The second-order valence-corrected chi connectivity index (χ2v) is 5.16. The van der Waals surface area contributed by atoms with Gasteiger partial charge in [0.1, 0.15) is 11.5 Å². The molecule has 0 saturated carbocycles. The van der Waals surface area contributed by atoms with E-state index in [1.807, 2.05) is 19.1 Å². The van der Waals surface area contributed by atoms with E-state index in [4.69, 9.17) is 33.7 Å². The molecule has 100 valence electrons. The van der Waals surface area contributed by atoms with Crippen molar-refractivity contribution >= 4 is 23.2 Å². The van der Waals surface area contributed by atoms with Gasteiger partial charge in [-0.1, -0.05) is 35.3 Å². The predicted octanol–water partition coefficient (Wildman–Crippen LogP) is 4.60. The summed E-state index contributed by atoms with van der Waals surface area (Å²) in [6, 6.07) is 11.2. The Morgan fingerprint density at radius 1 is 1.05 bits per heavy atom. The van der Waals surface area contributed by atoms with E-state index in [0.717, 1.165) is 17.7 Å². The molecule has 2 rings (SSSR count). The highest BCUT2D eigenvalue weighted by molar-refractivity contribution is 6.35. The van der Waals surface area contributed by atoms with Crippen LogP contribution in [0.4, 0.5) is 0 Å². The van der Waals surface area contributed by atoms with E-state index in [9.17, 15) is 0 Å². The van der Waals surface area contributed by atoms with Crippen molar-refractivity contribution in [3.8, 4) is 11.5 Å². The Bertz CT molecular complexity index is 584. The molecule has 0 radical (unpaired) electrons. The molecular formula is C15H15Cl2NO. The normalized spacial score (nSPS) is 10.5. The van der Waals surface area contributed by atoms with Gasteiger partial charge in [-0.05, 0) is 55.3 Å². The Hall–Kier alpha value is -1.22. The highest BCUT2D eigenvalue weighted by Gasteiger charge is 2.06. The molecule has 0 aliphatic rings. The lowest BCUT2D eigenvalue weighted by Crippen LogP contribution is -2.02. The van der Waals surface area contributed by atoms with Crippen LogP contribution < -0.4 is 10.5 Å². The first-order chi connectivity index (χ1) is 9.10. The molecule has 4 heteroatoms. The molecule has 0 spiro atoms. The lowest BCUT2D eigenvalue weighted by atomic mass is 10.1. The molecule has 2 aromatic carbocycles. The van der Waals surface area contributed by atoms with Crippen LogP contribution in [0.2, 0.25) is 10.0 Å². The fourth-order valence-electron chi connectivity index (χ4n) is 1.82. The number of halogens is 2.